The molecule has 0 saturated carbocycles. The van der Waals surface area contributed by atoms with Crippen molar-refractivity contribution in [1.29, 1.82) is 0 Å². The predicted molar refractivity (Wildman–Crippen MR) is 98.0 cm³/mol. The summed E-state index contributed by atoms with van der Waals surface area (Å²) in [7, 11) is -3.41. The zero-order valence-electron chi connectivity index (χ0n) is 14.4. The van der Waals surface area contributed by atoms with Gasteiger partial charge in [0.25, 0.3) is 0 Å². The summed E-state index contributed by atoms with van der Waals surface area (Å²) >= 11 is 0. The van der Waals surface area contributed by atoms with Crippen LogP contribution in [0.25, 0.3) is 0 Å². The second kappa shape index (κ2) is 7.70. The second-order valence-electron chi connectivity index (χ2n) is 6.74. The van der Waals surface area contributed by atoms with Crippen LogP contribution in [0.3, 0.4) is 0 Å². The summed E-state index contributed by atoms with van der Waals surface area (Å²) in [6.07, 6.45) is 6.91. The van der Waals surface area contributed by atoms with Crippen LogP contribution in [0, 0.1) is 5.41 Å². The van der Waals surface area contributed by atoms with Gasteiger partial charge in [-0.25, -0.2) is 13.2 Å². The minimum absolute atomic E-state index is 0.0352. The fraction of sp³-hybridized carbons (Fsp3) is 0.316. The van der Waals surface area contributed by atoms with E-state index >= 15 is 0 Å². The number of nitrogens with zero attached hydrogens (tertiary/aromatic N) is 1. The topological polar surface area (TPSA) is 76.4 Å². The van der Waals surface area contributed by atoms with E-state index < -0.39 is 16.0 Å². The quantitative estimate of drug-likeness (QED) is 0.733. The highest BCUT2D eigenvalue weighted by Crippen LogP contribution is 2.24. The fourth-order valence-electron chi connectivity index (χ4n) is 2.58. The summed E-state index contributed by atoms with van der Waals surface area (Å²) in [5.74, 6) is -0.956. The first-order valence-electron chi connectivity index (χ1n) is 8.04. The molecule has 0 atom stereocenters. The first kappa shape index (κ1) is 19.0. The molecule has 0 unspecified atom stereocenters. The molecule has 2 rings (SSSR count). The molecule has 1 aromatic heterocycles. The number of aryl methyl sites for hydroxylation is 1. The summed E-state index contributed by atoms with van der Waals surface area (Å²) in [5, 5.41) is 8.74. The third-order valence-corrected chi connectivity index (χ3v) is 5.47. The van der Waals surface area contributed by atoms with Crippen LogP contribution < -0.4 is 0 Å². The fourth-order valence-corrected chi connectivity index (χ4v) is 3.82. The standard InChI is InChI=1S/C19H23NO4S/c1-19(2,11-8-18(21)22)14-17-9-12-20(15-17)25(23,24)13-10-16-6-4-3-5-7-16/h3-9,11-12,15H,10,13-14H2,1-2H3,(H,21,22)/b11-8+. The van der Waals surface area contributed by atoms with Crippen LogP contribution in [0.5, 0.6) is 0 Å². The van der Waals surface area contributed by atoms with E-state index in [2.05, 4.69) is 0 Å². The molecular weight excluding hydrogens is 338 g/mol. The Morgan fingerprint density at radius 3 is 2.48 bits per heavy atom. The Labute approximate surface area is 148 Å². The van der Waals surface area contributed by atoms with Crippen LogP contribution in [0.4, 0.5) is 0 Å². The Morgan fingerprint density at radius 2 is 1.84 bits per heavy atom. The van der Waals surface area contributed by atoms with Gasteiger partial charge in [-0.15, -0.1) is 0 Å². The maximum Gasteiger partial charge on any atom is 0.327 e. The molecule has 25 heavy (non-hydrogen) atoms. The lowest BCUT2D eigenvalue weighted by atomic mass is 9.86. The molecule has 0 radical (unpaired) electrons. The minimum atomic E-state index is -3.41. The van der Waals surface area contributed by atoms with Gasteiger partial charge in [0.05, 0.1) is 5.75 Å². The Hall–Kier alpha value is -2.34. The molecule has 5 nitrogen and oxygen atoms in total. The van der Waals surface area contributed by atoms with Crippen molar-refractivity contribution in [3.05, 3.63) is 72.1 Å². The van der Waals surface area contributed by atoms with Gasteiger partial charge in [-0.1, -0.05) is 50.3 Å². The average molecular weight is 361 g/mol. The first-order chi connectivity index (χ1) is 11.7. The smallest absolute Gasteiger partial charge is 0.327 e. The van der Waals surface area contributed by atoms with Gasteiger partial charge in [0.2, 0.25) is 10.0 Å². The van der Waals surface area contributed by atoms with E-state index in [1.807, 2.05) is 44.2 Å². The Balaban J connectivity index is 2.05. The third-order valence-electron chi connectivity index (χ3n) is 3.88. The number of allylic oxidation sites excluding steroid dienone is 1. The zero-order valence-corrected chi connectivity index (χ0v) is 15.2. The molecular formula is C19H23NO4S. The normalized spacial score (nSPS) is 12.6. The molecule has 1 N–H and O–H groups in total. The number of rotatable bonds is 8. The maximum absolute atomic E-state index is 12.5. The van der Waals surface area contributed by atoms with Gasteiger partial charge >= 0.3 is 5.97 Å². The van der Waals surface area contributed by atoms with Crippen LogP contribution >= 0.6 is 0 Å². The average Bonchev–Trinajstić information content (AvgIpc) is 3.01. The van der Waals surface area contributed by atoms with Crippen LogP contribution in [-0.2, 0) is 27.7 Å². The van der Waals surface area contributed by atoms with Gasteiger partial charge < -0.3 is 5.11 Å². The van der Waals surface area contributed by atoms with Crippen molar-refractivity contribution in [2.75, 3.05) is 5.75 Å². The number of hydrogen-bond acceptors (Lipinski definition) is 3. The van der Waals surface area contributed by atoms with Crippen molar-refractivity contribution in [3.63, 3.8) is 0 Å². The van der Waals surface area contributed by atoms with Crippen molar-refractivity contribution < 1.29 is 18.3 Å². The molecule has 0 aliphatic heterocycles. The number of aliphatic carboxylic acids is 1. The van der Waals surface area contributed by atoms with E-state index in [1.54, 1.807) is 24.5 Å². The van der Waals surface area contributed by atoms with Gasteiger partial charge in [0, 0.05) is 18.5 Å². The summed E-state index contributed by atoms with van der Waals surface area (Å²) in [6, 6.07) is 11.3. The van der Waals surface area contributed by atoms with Crippen molar-refractivity contribution in [2.24, 2.45) is 5.41 Å². The lowest BCUT2D eigenvalue weighted by Gasteiger charge is -2.18. The molecule has 1 heterocycles. The van der Waals surface area contributed by atoms with Gasteiger partial charge in [0.15, 0.2) is 0 Å². The first-order valence-corrected chi connectivity index (χ1v) is 9.65. The monoisotopic (exact) mass is 361 g/mol. The van der Waals surface area contributed by atoms with Crippen LogP contribution in [0.15, 0.2) is 60.9 Å². The lowest BCUT2D eigenvalue weighted by molar-refractivity contribution is -0.131. The Kier molecular flexibility index (Phi) is 5.85. The van der Waals surface area contributed by atoms with E-state index in [0.29, 0.717) is 12.8 Å². The zero-order chi connectivity index (χ0) is 18.5. The SMILES string of the molecule is CC(C)(/C=C/C(=O)O)Cc1ccn(S(=O)(=O)CCc2ccccc2)c1. The number of carbonyl (C=O) groups is 1. The number of aromatic nitrogens is 1. The van der Waals surface area contributed by atoms with Crippen LogP contribution in [0.2, 0.25) is 0 Å². The highest BCUT2D eigenvalue weighted by atomic mass is 32.2. The van der Waals surface area contributed by atoms with Crippen LogP contribution in [-0.4, -0.2) is 29.2 Å². The summed E-state index contributed by atoms with van der Waals surface area (Å²) in [5.41, 5.74) is 1.46. The molecule has 0 aliphatic carbocycles. The highest BCUT2D eigenvalue weighted by Gasteiger charge is 2.18. The van der Waals surface area contributed by atoms with Gasteiger partial charge in [-0.05, 0) is 35.4 Å². The summed E-state index contributed by atoms with van der Waals surface area (Å²) < 4.78 is 26.2. The number of hydrogen-bond donors (Lipinski definition) is 1. The van der Waals surface area contributed by atoms with Crippen molar-refractivity contribution in [2.45, 2.75) is 26.7 Å². The van der Waals surface area contributed by atoms with E-state index in [1.165, 1.54) is 3.97 Å². The molecule has 134 valence electrons. The van der Waals surface area contributed by atoms with Gasteiger partial charge in [-0.3, -0.25) is 3.97 Å². The molecule has 0 spiro atoms. The number of benzene rings is 1. The molecule has 0 saturated heterocycles. The largest absolute Gasteiger partial charge is 0.478 e. The second-order valence-corrected chi connectivity index (χ2v) is 8.73. The van der Waals surface area contributed by atoms with Crippen LogP contribution in [0.1, 0.15) is 25.0 Å². The van der Waals surface area contributed by atoms with Gasteiger partial charge in [-0.2, -0.15) is 0 Å². The number of carboxylic acid groups (broad SMARTS) is 1. The molecule has 2 aromatic rings. The molecule has 0 fully saturated rings. The molecule has 6 heteroatoms. The Morgan fingerprint density at radius 1 is 1.16 bits per heavy atom. The van der Waals surface area contributed by atoms with Crippen molar-refractivity contribution in [3.8, 4) is 0 Å². The van der Waals surface area contributed by atoms with Crippen molar-refractivity contribution >= 4 is 16.0 Å². The predicted octanol–water partition coefficient (Wildman–Crippen LogP) is 3.12. The van der Waals surface area contributed by atoms with E-state index in [4.69, 9.17) is 5.11 Å². The Bertz CT molecular complexity index is 849. The summed E-state index contributed by atoms with van der Waals surface area (Å²) in [4.78, 5) is 10.7. The molecule has 0 bridgehead atoms. The highest BCUT2D eigenvalue weighted by molar-refractivity contribution is 7.89. The van der Waals surface area contributed by atoms with Crippen molar-refractivity contribution in [1.82, 2.24) is 3.97 Å². The molecule has 0 amide bonds. The maximum atomic E-state index is 12.5. The molecule has 0 aliphatic rings. The lowest BCUT2D eigenvalue weighted by Crippen LogP contribution is -2.17. The minimum Gasteiger partial charge on any atom is -0.478 e. The van der Waals surface area contributed by atoms with Gasteiger partial charge in [0.1, 0.15) is 0 Å². The van der Waals surface area contributed by atoms with E-state index in [-0.39, 0.29) is 11.2 Å². The molecule has 1 aromatic carbocycles. The summed E-state index contributed by atoms with van der Waals surface area (Å²) in [6.45, 7) is 3.82. The number of carboxylic acids is 1. The third kappa shape index (κ3) is 5.90. The van der Waals surface area contributed by atoms with E-state index in [9.17, 15) is 13.2 Å². The van der Waals surface area contributed by atoms with E-state index in [0.717, 1.165) is 17.2 Å².